The third-order valence-corrected chi connectivity index (χ3v) is 3.51. The van der Waals surface area contributed by atoms with E-state index < -0.39 is 47.2 Å². The first kappa shape index (κ1) is 23.1. The summed E-state index contributed by atoms with van der Waals surface area (Å²) in [5.74, 6) is -13.9. The summed E-state index contributed by atoms with van der Waals surface area (Å²) < 4.78 is 80.6. The molecule has 0 bridgehead atoms. The normalized spacial score (nSPS) is 10.6. The second kappa shape index (κ2) is 10.5. The van der Waals surface area contributed by atoms with Crippen LogP contribution in [-0.2, 0) is 14.3 Å². The molecule has 2 rings (SSSR count). The molecule has 0 fully saturated rings. The minimum atomic E-state index is -2.35. The maximum atomic E-state index is 13.4. The summed E-state index contributed by atoms with van der Waals surface area (Å²) in [7, 11) is 0. The van der Waals surface area contributed by atoms with Crippen LogP contribution in [0.15, 0.2) is 24.3 Å². The number of hydrogen-bond donors (Lipinski definition) is 1. The highest BCUT2D eigenvalue weighted by Gasteiger charge is 2.28. The number of benzene rings is 2. The van der Waals surface area contributed by atoms with Gasteiger partial charge in [-0.3, -0.25) is 9.59 Å². The summed E-state index contributed by atoms with van der Waals surface area (Å²) in [6, 6.07) is 6.50. The highest BCUT2D eigenvalue weighted by molar-refractivity contribution is 5.88. The molecular formula is C19H16F5NO5. The Labute approximate surface area is 167 Å². The average Bonchev–Trinajstić information content (AvgIpc) is 2.71. The minimum absolute atomic E-state index is 0.0449. The number of rotatable bonds is 9. The standard InChI is InChI=1S/C19H16F5NO5/c1-10(26)25-11-2-4-12(5-3-11)29-9-8-28-7-6-13(27)30-19-17(23)15(21)14(20)16(22)18(19)24/h2-5H,6-9H2,1H3,(H,25,26). The minimum Gasteiger partial charge on any atom is -0.491 e. The molecule has 0 aromatic heterocycles. The lowest BCUT2D eigenvalue weighted by Gasteiger charge is -2.10. The van der Waals surface area contributed by atoms with E-state index in [1.54, 1.807) is 24.3 Å². The molecule has 1 amide bonds. The van der Waals surface area contributed by atoms with E-state index in [0.717, 1.165) is 0 Å². The van der Waals surface area contributed by atoms with E-state index >= 15 is 0 Å². The van der Waals surface area contributed by atoms with E-state index in [1.165, 1.54) is 6.92 Å². The molecule has 0 aliphatic rings. The zero-order chi connectivity index (χ0) is 22.3. The summed E-state index contributed by atoms with van der Waals surface area (Å²) >= 11 is 0. The number of hydrogen-bond acceptors (Lipinski definition) is 5. The number of carbonyl (C=O) groups excluding carboxylic acids is 2. The summed E-state index contributed by atoms with van der Waals surface area (Å²) in [5, 5.41) is 2.59. The molecule has 0 heterocycles. The van der Waals surface area contributed by atoms with E-state index in [2.05, 4.69) is 10.1 Å². The summed E-state index contributed by atoms with van der Waals surface area (Å²) in [5.41, 5.74) is 0.596. The maximum Gasteiger partial charge on any atom is 0.313 e. The monoisotopic (exact) mass is 433 g/mol. The van der Waals surface area contributed by atoms with E-state index in [9.17, 15) is 31.5 Å². The van der Waals surface area contributed by atoms with Gasteiger partial charge < -0.3 is 19.5 Å². The zero-order valence-corrected chi connectivity index (χ0v) is 15.6. The molecule has 0 atom stereocenters. The SMILES string of the molecule is CC(=O)Nc1ccc(OCCOCCC(=O)Oc2c(F)c(F)c(F)c(F)c2F)cc1. The molecule has 1 N–H and O–H groups in total. The summed E-state index contributed by atoms with van der Waals surface area (Å²) in [6.07, 6.45) is -0.495. The van der Waals surface area contributed by atoms with Gasteiger partial charge in [0.2, 0.25) is 40.7 Å². The van der Waals surface area contributed by atoms with E-state index in [1.807, 2.05) is 0 Å². The number of esters is 1. The van der Waals surface area contributed by atoms with Crippen LogP contribution in [0.1, 0.15) is 13.3 Å². The van der Waals surface area contributed by atoms with Crippen LogP contribution in [0, 0.1) is 29.1 Å². The molecule has 11 heteroatoms. The summed E-state index contributed by atoms with van der Waals surface area (Å²) in [4.78, 5) is 22.5. The third kappa shape index (κ3) is 6.14. The Kier molecular flexibility index (Phi) is 8.10. The Morgan fingerprint density at radius 2 is 1.40 bits per heavy atom. The molecule has 0 aliphatic carbocycles. The highest BCUT2D eigenvalue weighted by atomic mass is 19.2. The first-order valence-corrected chi connectivity index (χ1v) is 8.51. The van der Waals surface area contributed by atoms with Crippen molar-refractivity contribution in [2.75, 3.05) is 25.1 Å². The fraction of sp³-hybridized carbons (Fsp3) is 0.263. The van der Waals surface area contributed by atoms with Crippen molar-refractivity contribution in [1.82, 2.24) is 0 Å². The van der Waals surface area contributed by atoms with Gasteiger partial charge in [-0.25, -0.2) is 13.2 Å². The van der Waals surface area contributed by atoms with Gasteiger partial charge in [0.15, 0.2) is 0 Å². The highest BCUT2D eigenvalue weighted by Crippen LogP contribution is 2.29. The topological polar surface area (TPSA) is 73.9 Å². The van der Waals surface area contributed by atoms with Gasteiger partial charge in [-0.05, 0) is 24.3 Å². The van der Waals surface area contributed by atoms with Gasteiger partial charge in [0, 0.05) is 12.6 Å². The molecule has 162 valence electrons. The lowest BCUT2D eigenvalue weighted by atomic mass is 10.2. The fourth-order valence-electron chi connectivity index (χ4n) is 2.15. The molecule has 0 unspecified atom stereocenters. The smallest absolute Gasteiger partial charge is 0.313 e. The predicted octanol–water partition coefficient (Wildman–Crippen LogP) is 3.73. The number of amides is 1. The Balaban J connectivity index is 1.71. The van der Waals surface area contributed by atoms with Crippen molar-refractivity contribution in [3.05, 3.63) is 53.4 Å². The lowest BCUT2D eigenvalue weighted by Crippen LogP contribution is -2.16. The third-order valence-electron chi connectivity index (χ3n) is 3.51. The van der Waals surface area contributed by atoms with E-state index in [0.29, 0.717) is 11.4 Å². The van der Waals surface area contributed by atoms with Crippen molar-refractivity contribution in [3.8, 4) is 11.5 Å². The van der Waals surface area contributed by atoms with Crippen molar-refractivity contribution >= 4 is 17.6 Å². The molecule has 2 aromatic rings. The van der Waals surface area contributed by atoms with Gasteiger partial charge in [-0.15, -0.1) is 0 Å². The molecular weight excluding hydrogens is 417 g/mol. The van der Waals surface area contributed by atoms with Crippen LogP contribution in [0.2, 0.25) is 0 Å². The second-order valence-corrected chi connectivity index (χ2v) is 5.79. The molecule has 6 nitrogen and oxygen atoms in total. The van der Waals surface area contributed by atoms with Crippen LogP contribution >= 0.6 is 0 Å². The van der Waals surface area contributed by atoms with Crippen molar-refractivity contribution in [3.63, 3.8) is 0 Å². The number of nitrogens with one attached hydrogen (secondary N) is 1. The average molecular weight is 433 g/mol. The van der Waals surface area contributed by atoms with Crippen molar-refractivity contribution in [1.29, 1.82) is 0 Å². The van der Waals surface area contributed by atoms with Crippen LogP contribution in [0.25, 0.3) is 0 Å². The molecule has 0 aliphatic heterocycles. The van der Waals surface area contributed by atoms with Crippen LogP contribution in [0.5, 0.6) is 11.5 Å². The van der Waals surface area contributed by atoms with Crippen molar-refractivity contribution in [2.24, 2.45) is 0 Å². The Hall–Kier alpha value is -3.21. The molecule has 0 spiro atoms. The van der Waals surface area contributed by atoms with Gasteiger partial charge in [0.1, 0.15) is 12.4 Å². The molecule has 0 saturated carbocycles. The largest absolute Gasteiger partial charge is 0.491 e. The number of halogens is 5. The van der Waals surface area contributed by atoms with Crippen LogP contribution in [0.3, 0.4) is 0 Å². The van der Waals surface area contributed by atoms with Gasteiger partial charge in [-0.2, -0.15) is 8.78 Å². The van der Waals surface area contributed by atoms with Gasteiger partial charge in [0.05, 0.1) is 19.6 Å². The molecule has 0 radical (unpaired) electrons. The molecule has 30 heavy (non-hydrogen) atoms. The van der Waals surface area contributed by atoms with Crippen molar-refractivity contribution < 1.29 is 45.8 Å². The quantitative estimate of drug-likeness (QED) is 0.163. The second-order valence-electron chi connectivity index (χ2n) is 5.79. The van der Waals surface area contributed by atoms with Crippen molar-refractivity contribution in [2.45, 2.75) is 13.3 Å². The Morgan fingerprint density at radius 1 is 0.833 bits per heavy atom. The van der Waals surface area contributed by atoms with Crippen LogP contribution in [0.4, 0.5) is 27.6 Å². The number of carbonyl (C=O) groups is 2. The Morgan fingerprint density at radius 3 is 1.97 bits per heavy atom. The van der Waals surface area contributed by atoms with E-state index in [-0.39, 0.29) is 25.7 Å². The fourth-order valence-corrected chi connectivity index (χ4v) is 2.15. The maximum absolute atomic E-state index is 13.4. The predicted molar refractivity (Wildman–Crippen MR) is 93.5 cm³/mol. The first-order chi connectivity index (χ1) is 14.2. The van der Waals surface area contributed by atoms with E-state index in [4.69, 9.17) is 9.47 Å². The van der Waals surface area contributed by atoms with Crippen LogP contribution < -0.4 is 14.8 Å². The number of ether oxygens (including phenoxy) is 3. The van der Waals surface area contributed by atoms with Gasteiger partial charge in [0.25, 0.3) is 0 Å². The van der Waals surface area contributed by atoms with Gasteiger partial charge >= 0.3 is 5.97 Å². The molecule has 0 saturated heterocycles. The Bertz CT molecular complexity index is 892. The first-order valence-electron chi connectivity index (χ1n) is 8.51. The lowest BCUT2D eigenvalue weighted by molar-refractivity contribution is -0.136. The van der Waals surface area contributed by atoms with Gasteiger partial charge in [-0.1, -0.05) is 0 Å². The summed E-state index contributed by atoms with van der Waals surface area (Å²) in [6.45, 7) is 1.29. The van der Waals surface area contributed by atoms with Crippen LogP contribution in [-0.4, -0.2) is 31.7 Å². The molecule has 2 aromatic carbocycles. The zero-order valence-electron chi connectivity index (χ0n) is 15.6. The number of anilines is 1.